The number of carbonyl (C=O) groups is 3. The van der Waals surface area contributed by atoms with E-state index in [1.807, 2.05) is 30.3 Å². The summed E-state index contributed by atoms with van der Waals surface area (Å²) in [4.78, 5) is 38.3. The summed E-state index contributed by atoms with van der Waals surface area (Å²) < 4.78 is 5.50. The first-order valence-electron chi connectivity index (χ1n) is 8.70. The molecule has 2 bridgehead atoms. The molecule has 3 fully saturated rings. The van der Waals surface area contributed by atoms with Gasteiger partial charge in [-0.3, -0.25) is 10.1 Å². The van der Waals surface area contributed by atoms with Gasteiger partial charge in [-0.1, -0.05) is 30.3 Å². The fourth-order valence-corrected chi connectivity index (χ4v) is 4.36. The Morgan fingerprint density at radius 2 is 1.84 bits per heavy atom. The molecule has 0 saturated carbocycles. The average molecular weight is 343 g/mol. The molecular weight excluding hydrogens is 322 g/mol. The van der Waals surface area contributed by atoms with Crippen molar-refractivity contribution in [1.29, 1.82) is 0 Å². The van der Waals surface area contributed by atoms with E-state index in [0.717, 1.165) is 24.8 Å². The number of benzene rings is 1. The molecule has 4 amide bonds. The van der Waals surface area contributed by atoms with E-state index in [2.05, 4.69) is 10.6 Å². The average Bonchev–Trinajstić information content (AvgIpc) is 2.86. The van der Waals surface area contributed by atoms with Gasteiger partial charge in [0.2, 0.25) is 0 Å². The maximum atomic E-state index is 12.7. The van der Waals surface area contributed by atoms with Crippen molar-refractivity contribution in [2.24, 2.45) is 0 Å². The highest BCUT2D eigenvalue weighted by Gasteiger charge is 2.55. The Kier molecular flexibility index (Phi) is 3.86. The summed E-state index contributed by atoms with van der Waals surface area (Å²) in [7, 11) is 0. The number of urea groups is 1. The largest absolute Gasteiger partial charge is 0.445 e. The van der Waals surface area contributed by atoms with Gasteiger partial charge in [-0.2, -0.15) is 0 Å². The zero-order valence-electron chi connectivity index (χ0n) is 13.9. The number of rotatable bonds is 2. The van der Waals surface area contributed by atoms with Crippen LogP contribution in [-0.4, -0.2) is 40.6 Å². The van der Waals surface area contributed by atoms with Gasteiger partial charge in [0.05, 0.1) is 0 Å². The standard InChI is InChI=1S/C18H21N3O4/c22-15-18(20-16(23)19-15)9-13-7-4-8-14(10-18)21(13)17(24)25-11-12-5-2-1-3-6-12/h1-3,5-6,13-14H,4,7-11H2,(H2,19,20,22,23). The molecule has 2 unspecified atom stereocenters. The highest BCUT2D eigenvalue weighted by molar-refractivity contribution is 6.07. The highest BCUT2D eigenvalue weighted by Crippen LogP contribution is 2.40. The van der Waals surface area contributed by atoms with Gasteiger partial charge in [-0.25, -0.2) is 9.59 Å². The van der Waals surface area contributed by atoms with Gasteiger partial charge in [0, 0.05) is 24.9 Å². The molecule has 132 valence electrons. The minimum atomic E-state index is -0.872. The third-order valence-electron chi connectivity index (χ3n) is 5.46. The van der Waals surface area contributed by atoms with Crippen LogP contribution in [0.4, 0.5) is 9.59 Å². The van der Waals surface area contributed by atoms with Crippen LogP contribution in [0.2, 0.25) is 0 Å². The molecular formula is C18H21N3O4. The van der Waals surface area contributed by atoms with Crippen molar-refractivity contribution in [3.63, 3.8) is 0 Å². The third kappa shape index (κ3) is 2.83. The molecule has 0 aliphatic carbocycles. The molecule has 7 nitrogen and oxygen atoms in total. The zero-order chi connectivity index (χ0) is 17.4. The molecule has 2 atom stereocenters. The molecule has 4 rings (SSSR count). The van der Waals surface area contributed by atoms with Crippen LogP contribution in [0.25, 0.3) is 0 Å². The Morgan fingerprint density at radius 1 is 1.16 bits per heavy atom. The molecule has 3 heterocycles. The highest BCUT2D eigenvalue weighted by atomic mass is 16.6. The number of ether oxygens (including phenoxy) is 1. The summed E-state index contributed by atoms with van der Waals surface area (Å²) >= 11 is 0. The second kappa shape index (κ2) is 6.06. The van der Waals surface area contributed by atoms with E-state index in [1.54, 1.807) is 4.90 Å². The lowest BCUT2D eigenvalue weighted by Gasteiger charge is -2.50. The van der Waals surface area contributed by atoms with Crippen LogP contribution in [0, 0.1) is 0 Å². The second-order valence-electron chi connectivity index (χ2n) is 7.08. The Balaban J connectivity index is 1.47. The van der Waals surface area contributed by atoms with Crippen LogP contribution < -0.4 is 10.6 Å². The first-order valence-corrected chi connectivity index (χ1v) is 8.70. The number of fused-ring (bicyclic) bond motifs is 2. The van der Waals surface area contributed by atoms with E-state index >= 15 is 0 Å². The van der Waals surface area contributed by atoms with Gasteiger partial charge >= 0.3 is 12.1 Å². The predicted octanol–water partition coefficient (Wildman–Crippen LogP) is 1.92. The lowest BCUT2D eigenvalue weighted by molar-refractivity contribution is -0.128. The normalized spacial score (nSPS) is 30.8. The molecule has 1 aromatic rings. The minimum Gasteiger partial charge on any atom is -0.445 e. The van der Waals surface area contributed by atoms with Gasteiger partial charge in [0.1, 0.15) is 12.1 Å². The molecule has 2 N–H and O–H groups in total. The number of carbonyl (C=O) groups excluding carboxylic acids is 3. The van der Waals surface area contributed by atoms with Crippen LogP contribution >= 0.6 is 0 Å². The molecule has 3 aliphatic heterocycles. The van der Waals surface area contributed by atoms with E-state index in [0.29, 0.717) is 12.8 Å². The van der Waals surface area contributed by atoms with Crippen molar-refractivity contribution in [3.8, 4) is 0 Å². The summed E-state index contributed by atoms with van der Waals surface area (Å²) in [6, 6.07) is 8.95. The Hall–Kier alpha value is -2.57. The van der Waals surface area contributed by atoms with Crippen LogP contribution in [0.1, 0.15) is 37.7 Å². The Labute approximate surface area is 145 Å². The number of piperidine rings is 2. The number of imide groups is 1. The van der Waals surface area contributed by atoms with Gasteiger partial charge in [-0.15, -0.1) is 0 Å². The van der Waals surface area contributed by atoms with Gasteiger partial charge in [0.25, 0.3) is 5.91 Å². The van der Waals surface area contributed by atoms with E-state index in [-0.39, 0.29) is 30.7 Å². The van der Waals surface area contributed by atoms with Crippen LogP contribution in [-0.2, 0) is 16.1 Å². The first kappa shape index (κ1) is 15.9. The topological polar surface area (TPSA) is 87.7 Å². The summed E-state index contributed by atoms with van der Waals surface area (Å²) in [5.41, 5.74) is 0.0696. The fraction of sp³-hybridized carbons (Fsp3) is 0.500. The molecule has 7 heteroatoms. The maximum Gasteiger partial charge on any atom is 0.410 e. The van der Waals surface area contributed by atoms with Gasteiger partial charge in [-0.05, 0) is 24.8 Å². The summed E-state index contributed by atoms with van der Waals surface area (Å²) in [5, 5.41) is 5.12. The van der Waals surface area contributed by atoms with Crippen LogP contribution in [0.5, 0.6) is 0 Å². The molecule has 1 aromatic carbocycles. The summed E-state index contributed by atoms with van der Waals surface area (Å²) in [5.74, 6) is -0.272. The van der Waals surface area contributed by atoms with Crippen molar-refractivity contribution in [2.45, 2.75) is 56.3 Å². The molecule has 3 aliphatic rings. The number of hydrogen-bond acceptors (Lipinski definition) is 4. The monoisotopic (exact) mass is 343 g/mol. The molecule has 1 spiro atoms. The molecule has 0 aromatic heterocycles. The SMILES string of the molecule is O=C1NC(=O)C2(CC3CCCC(C2)N3C(=O)OCc2ccccc2)N1. The molecule has 25 heavy (non-hydrogen) atoms. The van der Waals surface area contributed by atoms with Gasteiger partial charge < -0.3 is 15.0 Å². The number of nitrogens with zero attached hydrogens (tertiary/aromatic N) is 1. The minimum absolute atomic E-state index is 0.0834. The van der Waals surface area contributed by atoms with E-state index in [9.17, 15) is 14.4 Å². The maximum absolute atomic E-state index is 12.7. The van der Waals surface area contributed by atoms with Crippen molar-refractivity contribution in [3.05, 3.63) is 35.9 Å². The number of amides is 4. The van der Waals surface area contributed by atoms with Crippen molar-refractivity contribution in [1.82, 2.24) is 15.5 Å². The molecule has 0 radical (unpaired) electrons. The lowest BCUT2D eigenvalue weighted by Crippen LogP contribution is -2.64. The summed E-state index contributed by atoms with van der Waals surface area (Å²) in [6.45, 7) is 0.234. The molecule has 3 saturated heterocycles. The summed E-state index contributed by atoms with van der Waals surface area (Å²) in [6.07, 6.45) is 3.22. The number of nitrogens with one attached hydrogen (secondary N) is 2. The fourth-order valence-electron chi connectivity index (χ4n) is 4.36. The van der Waals surface area contributed by atoms with Crippen molar-refractivity contribution >= 4 is 18.0 Å². The third-order valence-corrected chi connectivity index (χ3v) is 5.46. The zero-order valence-corrected chi connectivity index (χ0v) is 13.9. The van der Waals surface area contributed by atoms with Crippen LogP contribution in [0.3, 0.4) is 0 Å². The predicted molar refractivity (Wildman–Crippen MR) is 88.5 cm³/mol. The van der Waals surface area contributed by atoms with Gasteiger partial charge in [0.15, 0.2) is 0 Å². The lowest BCUT2D eigenvalue weighted by atomic mass is 9.73. The van der Waals surface area contributed by atoms with E-state index in [4.69, 9.17) is 4.74 Å². The quantitative estimate of drug-likeness (QED) is 0.803. The van der Waals surface area contributed by atoms with E-state index < -0.39 is 11.6 Å². The smallest absolute Gasteiger partial charge is 0.410 e. The second-order valence-corrected chi connectivity index (χ2v) is 7.08. The first-order chi connectivity index (χ1) is 12.1. The Bertz CT molecular complexity index is 692. The van der Waals surface area contributed by atoms with Crippen molar-refractivity contribution in [2.75, 3.05) is 0 Å². The Morgan fingerprint density at radius 3 is 2.44 bits per heavy atom. The van der Waals surface area contributed by atoms with E-state index in [1.165, 1.54) is 0 Å². The van der Waals surface area contributed by atoms with Crippen molar-refractivity contribution < 1.29 is 19.1 Å². The number of hydrogen-bond donors (Lipinski definition) is 2. The van der Waals surface area contributed by atoms with Crippen LogP contribution in [0.15, 0.2) is 30.3 Å².